The highest BCUT2D eigenvalue weighted by Gasteiger charge is 2.55. The molecule has 0 bridgehead atoms. The molecule has 0 spiro atoms. The fourth-order valence-corrected chi connectivity index (χ4v) is 11.0. The minimum absolute atomic E-state index is 0.452. The first-order chi connectivity index (χ1) is 32.0. The SMILES string of the molecule is CCCCCCc1cc(CCCCCC)cc(C2(c3cc(CCCCCC)cc(CCCCCC)c3)c3cc(B4OC(C)(C)C(C)(C)O4)ccc3-c3ccc(B4OC(C)(C)C(C)(C)O4)cc32)c1. The van der Waals surface area contributed by atoms with Crippen molar-refractivity contribution < 1.29 is 18.6 Å². The Labute approximate surface area is 409 Å². The van der Waals surface area contributed by atoms with Crippen LogP contribution in [0, 0.1) is 0 Å². The lowest BCUT2D eigenvalue weighted by Crippen LogP contribution is -2.41. The third-order valence-corrected chi connectivity index (χ3v) is 16.5. The van der Waals surface area contributed by atoms with Crippen molar-refractivity contribution in [2.75, 3.05) is 0 Å². The number of hydrogen-bond acceptors (Lipinski definition) is 4. The van der Waals surface area contributed by atoms with Gasteiger partial charge in [-0.1, -0.05) is 178 Å². The molecule has 0 atom stereocenters. The molecule has 0 amide bonds. The van der Waals surface area contributed by atoms with E-state index in [1.807, 2.05) is 0 Å². The lowest BCUT2D eigenvalue weighted by Gasteiger charge is -2.36. The monoisotopic (exact) mass is 907 g/mol. The van der Waals surface area contributed by atoms with Gasteiger partial charge in [-0.2, -0.15) is 0 Å². The fourth-order valence-electron chi connectivity index (χ4n) is 11.0. The van der Waals surface area contributed by atoms with Crippen LogP contribution in [0.1, 0.15) is 230 Å². The number of rotatable bonds is 24. The van der Waals surface area contributed by atoms with E-state index < -0.39 is 42.1 Å². The zero-order valence-corrected chi connectivity index (χ0v) is 44.4. The van der Waals surface area contributed by atoms with Gasteiger partial charge in [0.25, 0.3) is 0 Å². The molecular weight excluding hydrogens is 818 g/mol. The van der Waals surface area contributed by atoms with E-state index in [9.17, 15) is 0 Å². The minimum atomic E-state index is -0.626. The van der Waals surface area contributed by atoms with Crippen molar-refractivity contribution in [3.63, 3.8) is 0 Å². The first-order valence-corrected chi connectivity index (χ1v) is 27.3. The van der Waals surface area contributed by atoms with Gasteiger partial charge < -0.3 is 18.6 Å². The maximum atomic E-state index is 6.87. The molecule has 4 aromatic rings. The summed E-state index contributed by atoms with van der Waals surface area (Å²) in [6.07, 6.45) is 24.3. The zero-order chi connectivity index (χ0) is 48.0. The molecule has 0 unspecified atom stereocenters. The molecule has 67 heavy (non-hydrogen) atoms. The number of hydrogen-bond donors (Lipinski definition) is 0. The molecule has 0 aromatic heterocycles. The van der Waals surface area contributed by atoms with Gasteiger partial charge in [0.1, 0.15) is 0 Å². The van der Waals surface area contributed by atoms with Gasteiger partial charge in [0.2, 0.25) is 0 Å². The highest BCUT2D eigenvalue weighted by molar-refractivity contribution is 6.62. The summed E-state index contributed by atoms with van der Waals surface area (Å²) in [5, 5.41) is 0. The standard InChI is InChI=1S/C61H88B2O4/c1-13-17-21-25-29-45-37-46(30-26-22-18-14-2)40-49(39-45)61(50-41-47(31-27-23-19-15-3)38-48(42-50)32-28-24-20-16-4)55-43-51(62-64-57(5,6)58(7,8)65-62)33-35-53(55)54-36-34-52(44-56(54)61)63-66-59(9,10)60(11,12)67-63/h33-44H,13-32H2,1-12H3. The normalized spacial score (nSPS) is 18.4. The van der Waals surface area contributed by atoms with Crippen LogP contribution in [0.4, 0.5) is 0 Å². The summed E-state index contributed by atoms with van der Waals surface area (Å²) in [6.45, 7) is 26.6. The van der Waals surface area contributed by atoms with Gasteiger partial charge in [0.05, 0.1) is 27.8 Å². The van der Waals surface area contributed by atoms with E-state index in [2.05, 4.69) is 156 Å². The van der Waals surface area contributed by atoms with Crippen molar-refractivity contribution in [3.8, 4) is 11.1 Å². The number of fused-ring (bicyclic) bond motifs is 3. The lowest BCUT2D eigenvalue weighted by molar-refractivity contribution is 0.00578. The van der Waals surface area contributed by atoms with Crippen molar-refractivity contribution in [3.05, 3.63) is 117 Å². The second kappa shape index (κ2) is 21.9. The quantitative estimate of drug-likeness (QED) is 0.0457. The maximum Gasteiger partial charge on any atom is 0.494 e. The summed E-state index contributed by atoms with van der Waals surface area (Å²) in [4.78, 5) is 0. The second-order valence-electron chi connectivity index (χ2n) is 22.9. The Hall–Kier alpha value is -3.15. The summed E-state index contributed by atoms with van der Waals surface area (Å²) in [5.74, 6) is 0. The third-order valence-electron chi connectivity index (χ3n) is 16.5. The molecule has 0 saturated carbocycles. The summed E-state index contributed by atoms with van der Waals surface area (Å²) in [6, 6.07) is 29.9. The van der Waals surface area contributed by atoms with E-state index in [1.165, 1.54) is 158 Å². The molecule has 4 nitrogen and oxygen atoms in total. The van der Waals surface area contributed by atoms with Crippen molar-refractivity contribution in [2.45, 2.75) is 239 Å². The largest absolute Gasteiger partial charge is 0.494 e. The van der Waals surface area contributed by atoms with Crippen LogP contribution in [0.2, 0.25) is 0 Å². The predicted octanol–water partition coefficient (Wildman–Crippen LogP) is 15.1. The van der Waals surface area contributed by atoms with Crippen LogP contribution in [0.5, 0.6) is 0 Å². The van der Waals surface area contributed by atoms with Crippen LogP contribution in [-0.2, 0) is 49.7 Å². The third kappa shape index (κ3) is 11.1. The topological polar surface area (TPSA) is 36.9 Å². The molecule has 0 radical (unpaired) electrons. The van der Waals surface area contributed by atoms with E-state index in [1.54, 1.807) is 0 Å². The van der Waals surface area contributed by atoms with Crippen molar-refractivity contribution >= 4 is 25.2 Å². The first-order valence-electron chi connectivity index (χ1n) is 27.3. The average Bonchev–Trinajstić information content (AvgIpc) is 3.80. The fraction of sp³-hybridized carbons (Fsp3) is 0.607. The molecule has 3 aliphatic rings. The Morgan fingerprint density at radius 1 is 0.343 bits per heavy atom. The number of unbranched alkanes of at least 4 members (excludes halogenated alkanes) is 12. The molecule has 0 N–H and O–H groups in total. The molecule has 2 heterocycles. The number of benzene rings is 4. The van der Waals surface area contributed by atoms with Gasteiger partial charge in [-0.05, 0) is 173 Å². The van der Waals surface area contributed by atoms with Gasteiger partial charge >= 0.3 is 14.2 Å². The van der Waals surface area contributed by atoms with Crippen LogP contribution in [0.15, 0.2) is 72.8 Å². The molecule has 1 aliphatic carbocycles. The summed E-state index contributed by atoms with van der Waals surface area (Å²) < 4.78 is 27.5. The zero-order valence-electron chi connectivity index (χ0n) is 44.4. The molecule has 362 valence electrons. The van der Waals surface area contributed by atoms with Gasteiger partial charge in [-0.15, -0.1) is 0 Å². The Morgan fingerprint density at radius 2 is 0.627 bits per heavy atom. The highest BCUT2D eigenvalue weighted by Crippen LogP contribution is 2.57. The van der Waals surface area contributed by atoms with E-state index in [-0.39, 0.29) is 0 Å². The van der Waals surface area contributed by atoms with Gasteiger partial charge in [0.15, 0.2) is 0 Å². The average molecular weight is 907 g/mol. The van der Waals surface area contributed by atoms with Crippen molar-refractivity contribution in [1.82, 2.24) is 0 Å². The second-order valence-corrected chi connectivity index (χ2v) is 22.9. The Kier molecular flexibility index (Phi) is 16.9. The Morgan fingerprint density at radius 3 is 0.896 bits per heavy atom. The lowest BCUT2D eigenvalue weighted by atomic mass is 9.64. The summed E-state index contributed by atoms with van der Waals surface area (Å²) in [5.41, 5.74) is 13.5. The number of aryl methyl sites for hydroxylation is 4. The maximum absolute atomic E-state index is 6.87. The minimum Gasteiger partial charge on any atom is -0.399 e. The molecule has 2 saturated heterocycles. The van der Waals surface area contributed by atoms with E-state index >= 15 is 0 Å². The predicted molar refractivity (Wildman–Crippen MR) is 287 cm³/mol. The van der Waals surface area contributed by atoms with Crippen LogP contribution in [-0.4, -0.2) is 36.6 Å². The van der Waals surface area contributed by atoms with Crippen LogP contribution >= 0.6 is 0 Å². The Balaban J connectivity index is 1.54. The molecule has 4 aromatic carbocycles. The van der Waals surface area contributed by atoms with Crippen molar-refractivity contribution in [1.29, 1.82) is 0 Å². The molecule has 6 heteroatoms. The van der Waals surface area contributed by atoms with E-state index in [0.29, 0.717) is 0 Å². The van der Waals surface area contributed by atoms with Gasteiger partial charge in [-0.25, -0.2) is 0 Å². The van der Waals surface area contributed by atoms with Crippen molar-refractivity contribution in [2.24, 2.45) is 0 Å². The summed E-state index contributed by atoms with van der Waals surface area (Å²) in [7, 11) is -0.954. The molecule has 7 rings (SSSR count). The van der Waals surface area contributed by atoms with Crippen LogP contribution in [0.25, 0.3) is 11.1 Å². The van der Waals surface area contributed by atoms with Crippen LogP contribution < -0.4 is 10.9 Å². The highest BCUT2D eigenvalue weighted by atomic mass is 16.7. The van der Waals surface area contributed by atoms with Crippen LogP contribution in [0.3, 0.4) is 0 Å². The Bertz CT molecular complexity index is 2020. The smallest absolute Gasteiger partial charge is 0.399 e. The van der Waals surface area contributed by atoms with E-state index in [4.69, 9.17) is 18.6 Å². The van der Waals surface area contributed by atoms with E-state index in [0.717, 1.165) is 36.6 Å². The molecular formula is C61H88B2O4. The molecule has 2 aliphatic heterocycles. The van der Waals surface area contributed by atoms with Gasteiger partial charge in [0, 0.05) is 0 Å². The first kappa shape index (κ1) is 51.7. The van der Waals surface area contributed by atoms with Gasteiger partial charge in [-0.3, -0.25) is 0 Å². The molecule has 2 fully saturated rings. The summed E-state index contributed by atoms with van der Waals surface area (Å²) >= 11 is 0.